The zero-order valence-corrected chi connectivity index (χ0v) is 13.1. The molecule has 0 spiro atoms. The first kappa shape index (κ1) is 16.9. The van der Waals surface area contributed by atoms with Gasteiger partial charge >= 0.3 is 0 Å². The molecule has 0 aromatic heterocycles. The maximum Gasteiger partial charge on any atom is 0.242 e. The standard InChI is InChI=1S/C16H24FN3O2/c1-12(18-2)11-19-16(21)15(20-7-9-22-10-8-20)13-5-3-4-6-14(13)17/h3-6,12,15,18H,7-11H2,1-2H3,(H,19,21). The Balaban J connectivity index is 2.17. The number of benzene rings is 1. The SMILES string of the molecule is CNC(C)CNC(=O)C(c1ccccc1F)N1CCOCC1. The number of halogens is 1. The fourth-order valence-electron chi connectivity index (χ4n) is 2.49. The molecule has 6 heteroatoms. The van der Waals surface area contributed by atoms with Gasteiger partial charge in [-0.05, 0) is 20.0 Å². The number of rotatable bonds is 6. The molecule has 1 amide bonds. The zero-order chi connectivity index (χ0) is 15.9. The normalized spacial score (nSPS) is 18.7. The molecular formula is C16H24FN3O2. The highest BCUT2D eigenvalue weighted by molar-refractivity contribution is 5.83. The van der Waals surface area contributed by atoms with Crippen LogP contribution in [-0.4, -0.2) is 56.7 Å². The van der Waals surface area contributed by atoms with Crippen molar-refractivity contribution in [2.45, 2.75) is 19.0 Å². The van der Waals surface area contributed by atoms with Crippen LogP contribution in [0, 0.1) is 5.82 Å². The Kier molecular flexibility index (Phi) is 6.30. The molecule has 1 aromatic carbocycles. The first-order valence-electron chi connectivity index (χ1n) is 7.64. The van der Waals surface area contributed by atoms with E-state index in [9.17, 15) is 9.18 Å². The molecule has 0 saturated carbocycles. The maximum atomic E-state index is 14.2. The van der Waals surface area contributed by atoms with Crippen LogP contribution in [0.1, 0.15) is 18.5 Å². The van der Waals surface area contributed by atoms with Gasteiger partial charge in [-0.2, -0.15) is 0 Å². The molecule has 0 aliphatic carbocycles. The summed E-state index contributed by atoms with van der Waals surface area (Å²) in [7, 11) is 1.84. The summed E-state index contributed by atoms with van der Waals surface area (Å²) in [4.78, 5) is 14.6. The maximum absolute atomic E-state index is 14.2. The summed E-state index contributed by atoms with van der Waals surface area (Å²) in [5.41, 5.74) is 0.416. The van der Waals surface area contributed by atoms with Crippen molar-refractivity contribution < 1.29 is 13.9 Å². The second kappa shape index (κ2) is 8.22. The third-order valence-corrected chi connectivity index (χ3v) is 3.93. The van der Waals surface area contributed by atoms with E-state index >= 15 is 0 Å². The number of nitrogens with one attached hydrogen (secondary N) is 2. The lowest BCUT2D eigenvalue weighted by Gasteiger charge is -2.34. The van der Waals surface area contributed by atoms with E-state index in [1.807, 2.05) is 18.9 Å². The van der Waals surface area contributed by atoms with Crippen molar-refractivity contribution in [3.05, 3.63) is 35.6 Å². The van der Waals surface area contributed by atoms with Gasteiger partial charge in [0.25, 0.3) is 0 Å². The molecule has 22 heavy (non-hydrogen) atoms. The second-order valence-electron chi connectivity index (χ2n) is 5.51. The topological polar surface area (TPSA) is 53.6 Å². The van der Waals surface area contributed by atoms with E-state index in [4.69, 9.17) is 4.74 Å². The lowest BCUT2D eigenvalue weighted by molar-refractivity contribution is -0.128. The fourth-order valence-corrected chi connectivity index (χ4v) is 2.49. The Morgan fingerprint density at radius 3 is 2.68 bits per heavy atom. The van der Waals surface area contributed by atoms with E-state index in [0.717, 1.165) is 0 Å². The summed E-state index contributed by atoms with van der Waals surface area (Å²) in [6.45, 7) is 4.84. The summed E-state index contributed by atoms with van der Waals surface area (Å²) in [5, 5.41) is 5.97. The molecule has 2 N–H and O–H groups in total. The molecule has 1 fully saturated rings. The average Bonchev–Trinajstić information content (AvgIpc) is 2.55. The van der Waals surface area contributed by atoms with Crippen molar-refractivity contribution in [2.24, 2.45) is 0 Å². The van der Waals surface area contributed by atoms with Gasteiger partial charge in [-0.15, -0.1) is 0 Å². The Bertz CT molecular complexity index is 492. The Morgan fingerprint density at radius 1 is 1.36 bits per heavy atom. The number of amides is 1. The van der Waals surface area contributed by atoms with Gasteiger partial charge in [-0.1, -0.05) is 18.2 Å². The van der Waals surface area contributed by atoms with Crippen LogP contribution >= 0.6 is 0 Å². The molecule has 2 rings (SSSR count). The molecular weight excluding hydrogens is 285 g/mol. The molecule has 5 nitrogen and oxygen atoms in total. The van der Waals surface area contributed by atoms with E-state index in [-0.39, 0.29) is 17.8 Å². The van der Waals surface area contributed by atoms with Crippen LogP contribution in [-0.2, 0) is 9.53 Å². The molecule has 2 atom stereocenters. The number of hydrogen-bond acceptors (Lipinski definition) is 4. The van der Waals surface area contributed by atoms with Crippen molar-refractivity contribution in [1.29, 1.82) is 0 Å². The predicted octanol–water partition coefficient (Wildman–Crippen LogP) is 0.923. The minimum absolute atomic E-state index is 0.162. The number of morpholine rings is 1. The van der Waals surface area contributed by atoms with Gasteiger partial charge in [0.05, 0.1) is 13.2 Å². The molecule has 1 aliphatic rings. The van der Waals surface area contributed by atoms with E-state index < -0.39 is 6.04 Å². The van der Waals surface area contributed by atoms with Crippen LogP contribution in [0.4, 0.5) is 4.39 Å². The molecule has 1 saturated heterocycles. The number of carbonyl (C=O) groups excluding carboxylic acids is 1. The molecule has 2 unspecified atom stereocenters. The first-order chi connectivity index (χ1) is 10.6. The monoisotopic (exact) mass is 309 g/mol. The summed E-state index contributed by atoms with van der Waals surface area (Å²) < 4.78 is 19.5. The van der Waals surface area contributed by atoms with E-state index in [2.05, 4.69) is 10.6 Å². The Labute approximate surface area is 130 Å². The lowest BCUT2D eigenvalue weighted by atomic mass is 10.0. The quantitative estimate of drug-likeness (QED) is 0.821. The second-order valence-corrected chi connectivity index (χ2v) is 5.51. The van der Waals surface area contributed by atoms with Crippen molar-refractivity contribution >= 4 is 5.91 Å². The predicted molar refractivity (Wildman–Crippen MR) is 83.1 cm³/mol. The van der Waals surface area contributed by atoms with Crippen LogP contribution < -0.4 is 10.6 Å². The summed E-state index contributed by atoms with van der Waals surface area (Å²) in [6.07, 6.45) is 0. The van der Waals surface area contributed by atoms with Gasteiger partial charge in [0, 0.05) is 31.2 Å². The van der Waals surface area contributed by atoms with E-state index in [1.54, 1.807) is 18.2 Å². The highest BCUT2D eigenvalue weighted by Gasteiger charge is 2.30. The van der Waals surface area contributed by atoms with E-state index in [1.165, 1.54) is 6.07 Å². The smallest absolute Gasteiger partial charge is 0.242 e. The largest absolute Gasteiger partial charge is 0.379 e. The number of likely N-dealkylation sites (N-methyl/N-ethyl adjacent to an activating group) is 1. The Hall–Kier alpha value is -1.50. The van der Waals surface area contributed by atoms with Gasteiger partial charge < -0.3 is 15.4 Å². The molecule has 1 aromatic rings. The number of carbonyl (C=O) groups is 1. The van der Waals surface area contributed by atoms with Crippen molar-refractivity contribution in [1.82, 2.24) is 15.5 Å². The van der Waals surface area contributed by atoms with Gasteiger partial charge in [-0.3, -0.25) is 9.69 Å². The van der Waals surface area contributed by atoms with Crippen molar-refractivity contribution in [2.75, 3.05) is 39.9 Å². The van der Waals surface area contributed by atoms with Crippen LogP contribution in [0.25, 0.3) is 0 Å². The van der Waals surface area contributed by atoms with Crippen LogP contribution in [0.3, 0.4) is 0 Å². The third-order valence-electron chi connectivity index (χ3n) is 3.93. The Morgan fingerprint density at radius 2 is 2.05 bits per heavy atom. The van der Waals surface area contributed by atoms with Gasteiger partial charge in [-0.25, -0.2) is 4.39 Å². The van der Waals surface area contributed by atoms with Crippen LogP contribution in [0.2, 0.25) is 0 Å². The lowest BCUT2D eigenvalue weighted by Crippen LogP contribution is -2.48. The highest BCUT2D eigenvalue weighted by Crippen LogP contribution is 2.24. The van der Waals surface area contributed by atoms with Crippen molar-refractivity contribution in [3.63, 3.8) is 0 Å². The van der Waals surface area contributed by atoms with Gasteiger partial charge in [0.1, 0.15) is 11.9 Å². The number of ether oxygens (including phenoxy) is 1. The van der Waals surface area contributed by atoms with Crippen LogP contribution in [0.5, 0.6) is 0 Å². The number of hydrogen-bond donors (Lipinski definition) is 2. The molecule has 122 valence electrons. The van der Waals surface area contributed by atoms with Crippen molar-refractivity contribution in [3.8, 4) is 0 Å². The first-order valence-corrected chi connectivity index (χ1v) is 7.64. The van der Waals surface area contributed by atoms with Gasteiger partial charge in [0.2, 0.25) is 5.91 Å². The fraction of sp³-hybridized carbons (Fsp3) is 0.562. The summed E-state index contributed by atoms with van der Waals surface area (Å²) >= 11 is 0. The van der Waals surface area contributed by atoms with Gasteiger partial charge in [0.15, 0.2) is 0 Å². The molecule has 0 radical (unpaired) electrons. The van der Waals surface area contributed by atoms with E-state index in [0.29, 0.717) is 38.4 Å². The molecule has 1 heterocycles. The summed E-state index contributed by atoms with van der Waals surface area (Å²) in [5.74, 6) is -0.523. The summed E-state index contributed by atoms with van der Waals surface area (Å²) in [6, 6.07) is 6.01. The van der Waals surface area contributed by atoms with Crippen LogP contribution in [0.15, 0.2) is 24.3 Å². The molecule has 0 bridgehead atoms. The third kappa shape index (κ3) is 4.25. The number of nitrogens with zero attached hydrogens (tertiary/aromatic N) is 1. The molecule has 1 aliphatic heterocycles. The highest BCUT2D eigenvalue weighted by atomic mass is 19.1. The minimum Gasteiger partial charge on any atom is -0.379 e. The average molecular weight is 309 g/mol. The minimum atomic E-state index is -0.617. The zero-order valence-electron chi connectivity index (χ0n) is 13.1.